The summed E-state index contributed by atoms with van der Waals surface area (Å²) in [5, 5.41) is 15.8. The van der Waals surface area contributed by atoms with E-state index in [0.29, 0.717) is 11.5 Å². The average molecular weight is 384 g/mol. The normalized spacial score (nSPS) is 11.8. The summed E-state index contributed by atoms with van der Waals surface area (Å²) < 4.78 is 39.6. The molecule has 0 aliphatic carbocycles. The number of aromatic nitrogens is 2. The fourth-order valence-corrected chi connectivity index (χ4v) is 2.62. The number of benzene rings is 1. The molecule has 0 unspecified atom stereocenters. The van der Waals surface area contributed by atoms with E-state index in [2.05, 4.69) is 10.4 Å². The van der Waals surface area contributed by atoms with Crippen molar-refractivity contribution < 1.29 is 23.1 Å². The third-order valence-corrected chi connectivity index (χ3v) is 3.78. The molecule has 0 atom stereocenters. The molecule has 1 aromatic carbocycles. The highest BCUT2D eigenvalue weighted by Gasteiger charge is 2.31. The molecule has 2 rings (SSSR count). The minimum atomic E-state index is -4.42. The van der Waals surface area contributed by atoms with Gasteiger partial charge >= 0.3 is 6.18 Å². The number of alkyl halides is 3. The molecule has 0 radical (unpaired) electrons. The number of amides is 1. The standard InChI is InChI=1S/C18H23F3N4O2/c1-13-4-6-15(7-5-13)25-16(10-14(2)23-25)22-17(27)11-24(8-3-9-26)12-18(19,20)21/h4-7,10,26H,3,8-9,11-12H2,1-2H3,(H,22,27). The summed E-state index contributed by atoms with van der Waals surface area (Å²) in [5.74, 6) is -0.194. The number of aliphatic hydroxyl groups excluding tert-OH is 1. The van der Waals surface area contributed by atoms with Gasteiger partial charge in [-0.15, -0.1) is 0 Å². The van der Waals surface area contributed by atoms with Crippen LogP contribution in [0.15, 0.2) is 30.3 Å². The summed E-state index contributed by atoms with van der Waals surface area (Å²) in [6, 6.07) is 9.14. The summed E-state index contributed by atoms with van der Waals surface area (Å²) in [7, 11) is 0. The van der Waals surface area contributed by atoms with Crippen molar-refractivity contribution in [2.75, 3.05) is 31.6 Å². The topological polar surface area (TPSA) is 70.4 Å². The Morgan fingerprint density at radius 1 is 1.26 bits per heavy atom. The number of carbonyl (C=O) groups excluding carboxylic acids is 1. The fraction of sp³-hybridized carbons (Fsp3) is 0.444. The number of hydrogen-bond donors (Lipinski definition) is 2. The van der Waals surface area contributed by atoms with E-state index in [0.717, 1.165) is 16.2 Å². The first-order chi connectivity index (χ1) is 12.7. The Hall–Kier alpha value is -2.39. The van der Waals surface area contributed by atoms with Gasteiger partial charge < -0.3 is 10.4 Å². The maximum Gasteiger partial charge on any atom is 0.401 e. The van der Waals surface area contributed by atoms with Crippen LogP contribution >= 0.6 is 0 Å². The molecular weight excluding hydrogens is 361 g/mol. The molecule has 27 heavy (non-hydrogen) atoms. The van der Waals surface area contributed by atoms with E-state index in [1.807, 2.05) is 31.2 Å². The number of hydrogen-bond acceptors (Lipinski definition) is 4. The molecule has 9 heteroatoms. The van der Waals surface area contributed by atoms with Gasteiger partial charge in [-0.25, -0.2) is 4.68 Å². The van der Waals surface area contributed by atoms with Crippen molar-refractivity contribution in [1.29, 1.82) is 0 Å². The van der Waals surface area contributed by atoms with Gasteiger partial charge in [-0.1, -0.05) is 17.7 Å². The minimum Gasteiger partial charge on any atom is -0.396 e. The van der Waals surface area contributed by atoms with Gasteiger partial charge in [0.2, 0.25) is 5.91 Å². The quantitative estimate of drug-likeness (QED) is 0.734. The van der Waals surface area contributed by atoms with Crippen molar-refractivity contribution in [2.45, 2.75) is 26.4 Å². The number of aliphatic hydroxyl groups is 1. The van der Waals surface area contributed by atoms with Crippen molar-refractivity contribution in [3.8, 4) is 5.69 Å². The van der Waals surface area contributed by atoms with Crippen LogP contribution in [0, 0.1) is 13.8 Å². The predicted octanol–water partition coefficient (Wildman–Crippen LogP) is 2.67. The second kappa shape index (κ2) is 9.01. The number of anilines is 1. The molecular formula is C18H23F3N4O2. The Balaban J connectivity index is 2.11. The number of nitrogens with one attached hydrogen (secondary N) is 1. The number of nitrogens with zero attached hydrogens (tertiary/aromatic N) is 3. The Bertz CT molecular complexity index is 757. The van der Waals surface area contributed by atoms with E-state index in [1.165, 1.54) is 4.68 Å². The molecule has 148 valence electrons. The summed E-state index contributed by atoms with van der Waals surface area (Å²) in [6.45, 7) is 1.79. The lowest BCUT2D eigenvalue weighted by Crippen LogP contribution is -2.40. The minimum absolute atomic E-state index is 0.0281. The number of rotatable bonds is 8. The molecule has 0 saturated heterocycles. The maximum atomic E-state index is 12.7. The van der Waals surface area contributed by atoms with Gasteiger partial charge in [0.15, 0.2) is 0 Å². The van der Waals surface area contributed by atoms with Crippen LogP contribution < -0.4 is 5.32 Å². The van der Waals surface area contributed by atoms with Gasteiger partial charge in [-0.2, -0.15) is 18.3 Å². The van der Waals surface area contributed by atoms with Crippen LogP contribution in [0.4, 0.5) is 19.0 Å². The highest BCUT2D eigenvalue weighted by molar-refractivity contribution is 5.91. The molecule has 6 nitrogen and oxygen atoms in total. The van der Waals surface area contributed by atoms with E-state index < -0.39 is 25.2 Å². The number of aryl methyl sites for hydroxylation is 2. The molecule has 0 aliphatic heterocycles. The van der Waals surface area contributed by atoms with Crippen LogP contribution in [-0.4, -0.2) is 58.1 Å². The van der Waals surface area contributed by atoms with Gasteiger partial charge in [0.25, 0.3) is 0 Å². The molecule has 1 aromatic heterocycles. The third kappa shape index (κ3) is 6.69. The molecule has 2 N–H and O–H groups in total. The third-order valence-electron chi connectivity index (χ3n) is 3.78. The van der Waals surface area contributed by atoms with Crippen molar-refractivity contribution in [3.63, 3.8) is 0 Å². The fourth-order valence-electron chi connectivity index (χ4n) is 2.62. The summed E-state index contributed by atoms with van der Waals surface area (Å²) in [6.07, 6.45) is -4.26. The molecule has 0 saturated carbocycles. The van der Waals surface area contributed by atoms with Gasteiger partial charge in [0, 0.05) is 19.2 Å². The SMILES string of the molecule is Cc1ccc(-n2nc(C)cc2NC(=O)CN(CCCO)CC(F)(F)F)cc1. The average Bonchev–Trinajstić information content (AvgIpc) is 2.92. The smallest absolute Gasteiger partial charge is 0.396 e. The van der Waals surface area contributed by atoms with Crippen LogP contribution in [0.5, 0.6) is 0 Å². The first-order valence-corrected chi connectivity index (χ1v) is 8.51. The van der Waals surface area contributed by atoms with Crippen LogP contribution in [0.1, 0.15) is 17.7 Å². The lowest BCUT2D eigenvalue weighted by atomic mass is 10.2. The predicted molar refractivity (Wildman–Crippen MR) is 95.9 cm³/mol. The molecule has 0 bridgehead atoms. The summed E-state index contributed by atoms with van der Waals surface area (Å²) in [5.41, 5.74) is 2.47. The Labute approximate surface area is 155 Å². The largest absolute Gasteiger partial charge is 0.401 e. The van der Waals surface area contributed by atoms with Crippen LogP contribution in [-0.2, 0) is 4.79 Å². The zero-order chi connectivity index (χ0) is 20.0. The van der Waals surface area contributed by atoms with Crippen molar-refractivity contribution >= 4 is 11.7 Å². The Kier molecular flexibility index (Phi) is 6.98. The monoisotopic (exact) mass is 384 g/mol. The zero-order valence-electron chi connectivity index (χ0n) is 15.3. The van der Waals surface area contributed by atoms with E-state index in [4.69, 9.17) is 5.11 Å². The lowest BCUT2D eigenvalue weighted by molar-refractivity contribution is -0.148. The highest BCUT2D eigenvalue weighted by Crippen LogP contribution is 2.19. The van der Waals surface area contributed by atoms with Crippen molar-refractivity contribution in [2.24, 2.45) is 0 Å². The van der Waals surface area contributed by atoms with E-state index in [-0.39, 0.29) is 19.6 Å². The van der Waals surface area contributed by atoms with E-state index in [1.54, 1.807) is 13.0 Å². The first kappa shape index (κ1) is 20.9. The lowest BCUT2D eigenvalue weighted by Gasteiger charge is -2.22. The highest BCUT2D eigenvalue weighted by atomic mass is 19.4. The summed E-state index contributed by atoms with van der Waals surface area (Å²) >= 11 is 0. The maximum absolute atomic E-state index is 12.7. The number of halogens is 3. The molecule has 0 aliphatic rings. The zero-order valence-corrected chi connectivity index (χ0v) is 15.3. The molecule has 1 heterocycles. The Morgan fingerprint density at radius 2 is 1.93 bits per heavy atom. The van der Waals surface area contributed by atoms with Gasteiger partial charge in [-0.05, 0) is 32.4 Å². The van der Waals surface area contributed by atoms with Crippen molar-refractivity contribution in [1.82, 2.24) is 14.7 Å². The molecule has 1 amide bonds. The van der Waals surface area contributed by atoms with Crippen LogP contribution in [0.2, 0.25) is 0 Å². The van der Waals surface area contributed by atoms with Gasteiger partial charge in [0.05, 0.1) is 24.5 Å². The number of carbonyl (C=O) groups is 1. The second-order valence-electron chi connectivity index (χ2n) is 6.37. The van der Waals surface area contributed by atoms with Gasteiger partial charge in [-0.3, -0.25) is 9.69 Å². The van der Waals surface area contributed by atoms with Crippen LogP contribution in [0.25, 0.3) is 5.69 Å². The molecule has 2 aromatic rings. The first-order valence-electron chi connectivity index (χ1n) is 8.51. The van der Waals surface area contributed by atoms with Crippen molar-refractivity contribution in [3.05, 3.63) is 41.6 Å². The summed E-state index contributed by atoms with van der Waals surface area (Å²) in [4.78, 5) is 13.3. The van der Waals surface area contributed by atoms with Crippen LogP contribution in [0.3, 0.4) is 0 Å². The Morgan fingerprint density at radius 3 is 2.52 bits per heavy atom. The van der Waals surface area contributed by atoms with Gasteiger partial charge in [0.1, 0.15) is 5.82 Å². The van der Waals surface area contributed by atoms with E-state index >= 15 is 0 Å². The molecule has 0 fully saturated rings. The second-order valence-corrected chi connectivity index (χ2v) is 6.37. The molecule has 0 spiro atoms. The van der Waals surface area contributed by atoms with E-state index in [9.17, 15) is 18.0 Å².